The third-order valence-corrected chi connectivity index (χ3v) is 4.88. The van der Waals surface area contributed by atoms with E-state index in [9.17, 15) is 4.79 Å². The molecular formula is C23H38O4. The van der Waals surface area contributed by atoms with Crippen LogP contribution >= 0.6 is 0 Å². The summed E-state index contributed by atoms with van der Waals surface area (Å²) in [4.78, 5) is 21.8. The zero-order valence-electron chi connectivity index (χ0n) is 17.4. The van der Waals surface area contributed by atoms with Gasteiger partial charge in [-0.3, -0.25) is 4.79 Å². The van der Waals surface area contributed by atoms with Gasteiger partial charge in [0.15, 0.2) is 0 Å². The van der Waals surface area contributed by atoms with Gasteiger partial charge >= 0.3 is 5.97 Å². The van der Waals surface area contributed by atoms with E-state index < -0.39 is 11.6 Å². The van der Waals surface area contributed by atoms with E-state index in [0.29, 0.717) is 6.42 Å². The van der Waals surface area contributed by atoms with Gasteiger partial charge in [-0.2, -0.15) is 0 Å². The highest BCUT2D eigenvalue weighted by Crippen LogP contribution is 2.40. The molecule has 0 unspecified atom stereocenters. The SMILES string of the molecule is CC/C=C/C=C/C=C/CCCCCCCC[C@@]1(C)C[C@](C)(CC(=O)O)OO1. The first-order valence-electron chi connectivity index (χ1n) is 10.5. The number of unbranched alkanes of at least 4 members (excludes halogenated alkanes) is 6. The molecule has 2 atom stereocenters. The molecule has 1 saturated heterocycles. The molecule has 154 valence electrons. The number of rotatable bonds is 14. The summed E-state index contributed by atoms with van der Waals surface area (Å²) in [5.74, 6) is -0.843. The second-order valence-corrected chi connectivity index (χ2v) is 8.12. The van der Waals surface area contributed by atoms with Crippen LogP contribution in [0.2, 0.25) is 0 Å². The van der Waals surface area contributed by atoms with Crippen molar-refractivity contribution in [2.24, 2.45) is 0 Å². The Morgan fingerprint density at radius 3 is 2.15 bits per heavy atom. The van der Waals surface area contributed by atoms with Crippen molar-refractivity contribution in [3.05, 3.63) is 36.5 Å². The van der Waals surface area contributed by atoms with E-state index in [-0.39, 0.29) is 12.0 Å². The number of allylic oxidation sites excluding steroid dienone is 6. The molecule has 0 saturated carbocycles. The number of hydrogen-bond donors (Lipinski definition) is 1. The Hall–Kier alpha value is -1.39. The highest BCUT2D eigenvalue weighted by molar-refractivity contribution is 5.68. The van der Waals surface area contributed by atoms with Gasteiger partial charge in [0.05, 0.1) is 6.42 Å². The van der Waals surface area contributed by atoms with Crippen LogP contribution < -0.4 is 0 Å². The normalized spacial score (nSPS) is 26.0. The summed E-state index contributed by atoms with van der Waals surface area (Å²) >= 11 is 0. The second kappa shape index (κ2) is 12.9. The second-order valence-electron chi connectivity index (χ2n) is 8.12. The zero-order valence-corrected chi connectivity index (χ0v) is 17.4. The van der Waals surface area contributed by atoms with Gasteiger partial charge in [0.1, 0.15) is 11.2 Å². The average Bonchev–Trinajstić information content (AvgIpc) is 2.89. The van der Waals surface area contributed by atoms with E-state index >= 15 is 0 Å². The van der Waals surface area contributed by atoms with Gasteiger partial charge in [0, 0.05) is 6.42 Å². The Morgan fingerprint density at radius 1 is 0.889 bits per heavy atom. The van der Waals surface area contributed by atoms with Gasteiger partial charge in [-0.1, -0.05) is 75.5 Å². The van der Waals surface area contributed by atoms with E-state index in [0.717, 1.165) is 25.7 Å². The van der Waals surface area contributed by atoms with E-state index in [1.54, 1.807) is 0 Å². The standard InChI is InChI=1S/C23H38O4/c1-4-5-6-7-8-9-10-11-12-13-14-15-16-17-18-22(2)20-23(3,27-26-22)19-21(24)25/h5-10H,4,11-20H2,1-3H3,(H,24,25)/b6-5+,8-7+,10-9+/t22-,23-/m0/s1. The van der Waals surface area contributed by atoms with Crippen LogP contribution in [0, 0.1) is 0 Å². The molecule has 0 aromatic carbocycles. The molecule has 1 heterocycles. The molecule has 4 heteroatoms. The molecule has 27 heavy (non-hydrogen) atoms. The minimum atomic E-state index is -0.843. The molecular weight excluding hydrogens is 340 g/mol. The average molecular weight is 379 g/mol. The summed E-state index contributed by atoms with van der Waals surface area (Å²) in [5, 5.41) is 8.97. The number of carbonyl (C=O) groups is 1. The van der Waals surface area contributed by atoms with Crippen molar-refractivity contribution >= 4 is 5.97 Å². The Balaban J connectivity index is 2.01. The quantitative estimate of drug-likeness (QED) is 0.212. The van der Waals surface area contributed by atoms with Gasteiger partial charge in [-0.25, -0.2) is 9.78 Å². The summed E-state index contributed by atoms with van der Waals surface area (Å²) in [5.41, 5.74) is -1.05. The third-order valence-electron chi connectivity index (χ3n) is 4.88. The zero-order chi connectivity index (χ0) is 20.0. The van der Waals surface area contributed by atoms with Crippen LogP contribution in [0.25, 0.3) is 0 Å². The summed E-state index contributed by atoms with van der Waals surface area (Å²) in [7, 11) is 0. The molecule has 1 aliphatic heterocycles. The van der Waals surface area contributed by atoms with E-state index in [4.69, 9.17) is 14.9 Å². The van der Waals surface area contributed by atoms with Crippen LogP contribution in [0.4, 0.5) is 0 Å². The Kier molecular flexibility index (Phi) is 11.3. The lowest BCUT2D eigenvalue weighted by atomic mass is 9.85. The molecule has 0 spiro atoms. The van der Waals surface area contributed by atoms with Crippen LogP contribution in [0.3, 0.4) is 0 Å². The van der Waals surface area contributed by atoms with Crippen molar-refractivity contribution in [3.63, 3.8) is 0 Å². The lowest BCUT2D eigenvalue weighted by Crippen LogP contribution is -2.30. The summed E-state index contributed by atoms with van der Waals surface area (Å²) < 4.78 is 0. The van der Waals surface area contributed by atoms with Crippen molar-refractivity contribution < 1.29 is 19.7 Å². The largest absolute Gasteiger partial charge is 0.481 e. The molecule has 1 rings (SSSR count). The van der Waals surface area contributed by atoms with Gasteiger partial charge in [0.25, 0.3) is 0 Å². The van der Waals surface area contributed by atoms with Crippen LogP contribution in [0.5, 0.6) is 0 Å². The Labute approximate surface area is 165 Å². The highest BCUT2D eigenvalue weighted by Gasteiger charge is 2.47. The molecule has 0 bridgehead atoms. The molecule has 0 aliphatic carbocycles. The number of aliphatic carboxylic acids is 1. The first-order valence-corrected chi connectivity index (χ1v) is 10.5. The van der Waals surface area contributed by atoms with E-state index in [1.165, 1.54) is 32.1 Å². The first kappa shape index (κ1) is 23.6. The summed E-state index contributed by atoms with van der Waals surface area (Å²) in [6.45, 7) is 5.98. The van der Waals surface area contributed by atoms with Crippen molar-refractivity contribution in [3.8, 4) is 0 Å². The third kappa shape index (κ3) is 11.1. The molecule has 0 radical (unpaired) electrons. The van der Waals surface area contributed by atoms with Crippen LogP contribution in [-0.4, -0.2) is 22.3 Å². The Morgan fingerprint density at radius 2 is 1.48 bits per heavy atom. The lowest BCUT2D eigenvalue weighted by Gasteiger charge is -2.21. The number of carboxylic acids is 1. The maximum atomic E-state index is 10.9. The lowest BCUT2D eigenvalue weighted by molar-refractivity contribution is -0.345. The van der Waals surface area contributed by atoms with Crippen molar-refractivity contribution in [1.29, 1.82) is 0 Å². The molecule has 0 aromatic rings. The number of carboxylic acid groups (broad SMARTS) is 1. The predicted molar refractivity (Wildman–Crippen MR) is 110 cm³/mol. The number of hydrogen-bond acceptors (Lipinski definition) is 3. The van der Waals surface area contributed by atoms with E-state index in [1.807, 2.05) is 13.8 Å². The van der Waals surface area contributed by atoms with Gasteiger partial charge < -0.3 is 5.11 Å². The van der Waals surface area contributed by atoms with Gasteiger partial charge in [-0.05, 0) is 39.5 Å². The van der Waals surface area contributed by atoms with E-state index in [2.05, 4.69) is 43.4 Å². The summed E-state index contributed by atoms with van der Waals surface area (Å²) in [6.07, 6.45) is 23.9. The molecule has 0 aromatic heterocycles. The van der Waals surface area contributed by atoms with Crippen molar-refractivity contribution in [1.82, 2.24) is 0 Å². The van der Waals surface area contributed by atoms with Crippen LogP contribution in [0.1, 0.15) is 91.4 Å². The maximum Gasteiger partial charge on any atom is 0.306 e. The topological polar surface area (TPSA) is 55.8 Å². The van der Waals surface area contributed by atoms with Gasteiger partial charge in [0.2, 0.25) is 0 Å². The van der Waals surface area contributed by atoms with Crippen molar-refractivity contribution in [2.45, 2.75) is 103 Å². The molecule has 1 N–H and O–H groups in total. The Bertz CT molecular complexity index is 509. The molecule has 0 amide bonds. The van der Waals surface area contributed by atoms with Crippen LogP contribution in [0.15, 0.2) is 36.5 Å². The molecule has 4 nitrogen and oxygen atoms in total. The minimum absolute atomic E-state index is 0.0116. The molecule has 1 aliphatic rings. The highest BCUT2D eigenvalue weighted by atomic mass is 17.2. The summed E-state index contributed by atoms with van der Waals surface area (Å²) in [6, 6.07) is 0. The molecule has 1 fully saturated rings. The first-order chi connectivity index (χ1) is 12.9. The van der Waals surface area contributed by atoms with Gasteiger partial charge in [-0.15, -0.1) is 0 Å². The monoisotopic (exact) mass is 378 g/mol. The predicted octanol–water partition coefficient (Wildman–Crippen LogP) is 6.53. The fraction of sp³-hybridized carbons (Fsp3) is 0.696. The minimum Gasteiger partial charge on any atom is -0.481 e. The maximum absolute atomic E-state index is 10.9. The fourth-order valence-electron chi connectivity index (χ4n) is 3.58. The smallest absolute Gasteiger partial charge is 0.306 e. The fourth-order valence-corrected chi connectivity index (χ4v) is 3.58. The van der Waals surface area contributed by atoms with Crippen molar-refractivity contribution in [2.75, 3.05) is 0 Å². The van der Waals surface area contributed by atoms with Crippen LogP contribution in [-0.2, 0) is 14.6 Å².